The Bertz CT molecular complexity index is 389. The Morgan fingerprint density at radius 2 is 2.16 bits per heavy atom. The second-order valence-corrected chi connectivity index (χ2v) is 4.90. The van der Waals surface area contributed by atoms with Crippen LogP contribution in [0.3, 0.4) is 0 Å². The molecule has 0 aliphatic carbocycles. The van der Waals surface area contributed by atoms with Gasteiger partial charge in [0.25, 0.3) is 0 Å². The highest BCUT2D eigenvalue weighted by molar-refractivity contribution is 5.76. The fraction of sp³-hybridized carbons (Fsp3) is 0.571. The summed E-state index contributed by atoms with van der Waals surface area (Å²) in [6.45, 7) is 5.73. The van der Waals surface area contributed by atoms with Gasteiger partial charge in [0.1, 0.15) is 5.82 Å². The molecule has 1 rings (SSSR count). The van der Waals surface area contributed by atoms with Gasteiger partial charge in [-0.2, -0.15) is 0 Å². The van der Waals surface area contributed by atoms with E-state index < -0.39 is 0 Å². The number of rotatable bonds is 7. The zero-order chi connectivity index (χ0) is 14.3. The van der Waals surface area contributed by atoms with Crippen molar-refractivity contribution in [3.05, 3.63) is 23.9 Å². The Hall–Kier alpha value is -1.62. The van der Waals surface area contributed by atoms with E-state index in [4.69, 9.17) is 0 Å². The van der Waals surface area contributed by atoms with E-state index in [1.807, 2.05) is 24.2 Å². The monoisotopic (exact) mass is 264 g/mol. The van der Waals surface area contributed by atoms with Crippen molar-refractivity contribution in [2.45, 2.75) is 32.9 Å². The Labute approximate surface area is 115 Å². The normalized spacial score (nSPS) is 10.6. The third-order valence-corrected chi connectivity index (χ3v) is 2.87. The lowest BCUT2D eigenvalue weighted by Crippen LogP contribution is -2.27. The molecule has 0 saturated heterocycles. The molecule has 1 aromatic heterocycles. The molecule has 0 aliphatic rings. The van der Waals surface area contributed by atoms with E-state index in [0.29, 0.717) is 19.0 Å². The number of nitrogens with one attached hydrogen (secondary N) is 2. The molecule has 0 atom stereocenters. The lowest BCUT2D eigenvalue weighted by Gasteiger charge is -2.18. The molecule has 0 fully saturated rings. The van der Waals surface area contributed by atoms with E-state index in [1.54, 1.807) is 7.05 Å². The van der Waals surface area contributed by atoms with Crippen LogP contribution in [0.5, 0.6) is 0 Å². The number of carbonyl (C=O) groups excluding carboxylic acids is 1. The summed E-state index contributed by atoms with van der Waals surface area (Å²) >= 11 is 0. The van der Waals surface area contributed by atoms with E-state index in [1.165, 1.54) is 0 Å². The number of amides is 1. The number of carbonyl (C=O) groups is 1. The summed E-state index contributed by atoms with van der Waals surface area (Å²) in [5.74, 6) is 0.932. The molecule has 19 heavy (non-hydrogen) atoms. The van der Waals surface area contributed by atoms with Crippen molar-refractivity contribution in [1.82, 2.24) is 15.6 Å². The summed E-state index contributed by atoms with van der Waals surface area (Å²) in [5, 5.41) is 5.97. The third kappa shape index (κ3) is 5.70. The van der Waals surface area contributed by atoms with Crippen molar-refractivity contribution in [2.75, 3.05) is 25.5 Å². The smallest absolute Gasteiger partial charge is 0.221 e. The molecule has 106 valence electrons. The summed E-state index contributed by atoms with van der Waals surface area (Å²) in [4.78, 5) is 17.6. The standard InChI is InChI=1S/C14H24N4O/c1-11(2)16-9-12-5-6-13(17-10-12)18(4)8-7-14(19)15-3/h5-6,10-11,16H,7-9H2,1-4H3,(H,15,19). The molecule has 1 amide bonds. The first-order valence-electron chi connectivity index (χ1n) is 6.63. The van der Waals surface area contributed by atoms with E-state index >= 15 is 0 Å². The van der Waals surface area contributed by atoms with Gasteiger partial charge in [0.2, 0.25) is 5.91 Å². The molecule has 0 spiro atoms. The Morgan fingerprint density at radius 3 is 2.68 bits per heavy atom. The Kier molecular flexibility index (Phi) is 6.29. The van der Waals surface area contributed by atoms with Gasteiger partial charge in [0, 0.05) is 45.8 Å². The van der Waals surface area contributed by atoms with Gasteiger partial charge >= 0.3 is 0 Å². The van der Waals surface area contributed by atoms with Crippen molar-refractivity contribution >= 4 is 11.7 Å². The SMILES string of the molecule is CNC(=O)CCN(C)c1ccc(CNC(C)C)cn1. The molecule has 1 heterocycles. The van der Waals surface area contributed by atoms with E-state index in [2.05, 4.69) is 35.5 Å². The fourth-order valence-electron chi connectivity index (χ4n) is 1.58. The highest BCUT2D eigenvalue weighted by atomic mass is 16.1. The molecular weight excluding hydrogens is 240 g/mol. The number of pyridine rings is 1. The first-order valence-corrected chi connectivity index (χ1v) is 6.63. The van der Waals surface area contributed by atoms with E-state index in [0.717, 1.165) is 17.9 Å². The highest BCUT2D eigenvalue weighted by Crippen LogP contribution is 2.10. The molecule has 1 aromatic rings. The van der Waals surface area contributed by atoms with Crippen LogP contribution in [0.2, 0.25) is 0 Å². The molecule has 0 bridgehead atoms. The maximum atomic E-state index is 11.2. The minimum atomic E-state index is 0.0459. The first kappa shape index (κ1) is 15.4. The van der Waals surface area contributed by atoms with Crippen LogP contribution in [0.15, 0.2) is 18.3 Å². The summed E-state index contributed by atoms with van der Waals surface area (Å²) in [6, 6.07) is 4.52. The van der Waals surface area contributed by atoms with Crippen LogP contribution in [0, 0.1) is 0 Å². The van der Waals surface area contributed by atoms with Gasteiger partial charge in [-0.25, -0.2) is 4.98 Å². The average Bonchev–Trinajstić information content (AvgIpc) is 2.42. The largest absolute Gasteiger partial charge is 0.359 e. The molecule has 0 aromatic carbocycles. The summed E-state index contributed by atoms with van der Waals surface area (Å²) in [6.07, 6.45) is 2.35. The van der Waals surface area contributed by atoms with Crippen LogP contribution >= 0.6 is 0 Å². The van der Waals surface area contributed by atoms with Gasteiger partial charge in [-0.15, -0.1) is 0 Å². The zero-order valence-corrected chi connectivity index (χ0v) is 12.2. The predicted molar refractivity (Wildman–Crippen MR) is 78.2 cm³/mol. The number of hydrogen-bond acceptors (Lipinski definition) is 4. The van der Waals surface area contributed by atoms with E-state index in [9.17, 15) is 4.79 Å². The average molecular weight is 264 g/mol. The van der Waals surface area contributed by atoms with Gasteiger partial charge in [0.05, 0.1) is 0 Å². The minimum absolute atomic E-state index is 0.0459. The maximum Gasteiger partial charge on any atom is 0.221 e. The molecule has 0 saturated carbocycles. The van der Waals surface area contributed by atoms with E-state index in [-0.39, 0.29) is 5.91 Å². The number of aromatic nitrogens is 1. The Morgan fingerprint density at radius 1 is 1.42 bits per heavy atom. The second kappa shape index (κ2) is 7.74. The minimum Gasteiger partial charge on any atom is -0.359 e. The molecule has 5 heteroatoms. The first-order chi connectivity index (χ1) is 9.02. The van der Waals surface area contributed by atoms with Crippen LogP contribution in [-0.2, 0) is 11.3 Å². The van der Waals surface area contributed by atoms with Gasteiger partial charge in [-0.3, -0.25) is 4.79 Å². The molecule has 0 aliphatic heterocycles. The quantitative estimate of drug-likeness (QED) is 0.776. The van der Waals surface area contributed by atoms with Crippen molar-refractivity contribution < 1.29 is 4.79 Å². The second-order valence-electron chi connectivity index (χ2n) is 4.90. The summed E-state index contributed by atoms with van der Waals surface area (Å²) < 4.78 is 0. The number of hydrogen-bond donors (Lipinski definition) is 2. The van der Waals surface area contributed by atoms with Gasteiger partial charge in [0.15, 0.2) is 0 Å². The lowest BCUT2D eigenvalue weighted by atomic mass is 10.2. The van der Waals surface area contributed by atoms with Gasteiger partial charge in [-0.1, -0.05) is 19.9 Å². The molecular formula is C14H24N4O. The summed E-state index contributed by atoms with van der Waals surface area (Å²) in [7, 11) is 3.59. The van der Waals surface area contributed by atoms with Crippen LogP contribution < -0.4 is 15.5 Å². The van der Waals surface area contributed by atoms with Gasteiger partial charge in [-0.05, 0) is 11.6 Å². The maximum absolute atomic E-state index is 11.2. The Balaban J connectivity index is 2.48. The number of anilines is 1. The highest BCUT2D eigenvalue weighted by Gasteiger charge is 2.05. The van der Waals surface area contributed by atoms with Crippen molar-refractivity contribution in [3.8, 4) is 0 Å². The molecule has 5 nitrogen and oxygen atoms in total. The third-order valence-electron chi connectivity index (χ3n) is 2.87. The predicted octanol–water partition coefficient (Wildman–Crippen LogP) is 1.15. The van der Waals surface area contributed by atoms with Crippen molar-refractivity contribution in [2.24, 2.45) is 0 Å². The van der Waals surface area contributed by atoms with Crippen LogP contribution in [0.25, 0.3) is 0 Å². The van der Waals surface area contributed by atoms with Crippen molar-refractivity contribution in [3.63, 3.8) is 0 Å². The van der Waals surface area contributed by atoms with Crippen LogP contribution in [0.4, 0.5) is 5.82 Å². The lowest BCUT2D eigenvalue weighted by molar-refractivity contribution is -0.120. The molecule has 0 radical (unpaired) electrons. The van der Waals surface area contributed by atoms with Crippen LogP contribution in [-0.4, -0.2) is 37.6 Å². The molecule has 2 N–H and O–H groups in total. The number of nitrogens with zero attached hydrogens (tertiary/aromatic N) is 2. The summed E-state index contributed by atoms with van der Waals surface area (Å²) in [5.41, 5.74) is 1.16. The topological polar surface area (TPSA) is 57.3 Å². The van der Waals surface area contributed by atoms with Gasteiger partial charge < -0.3 is 15.5 Å². The van der Waals surface area contributed by atoms with Crippen LogP contribution in [0.1, 0.15) is 25.8 Å². The fourth-order valence-corrected chi connectivity index (χ4v) is 1.58. The molecule has 0 unspecified atom stereocenters. The zero-order valence-electron chi connectivity index (χ0n) is 12.2. The van der Waals surface area contributed by atoms with Crippen molar-refractivity contribution in [1.29, 1.82) is 0 Å².